The Balaban J connectivity index is 1.90. The van der Waals surface area contributed by atoms with Gasteiger partial charge in [-0.3, -0.25) is 10.1 Å². The van der Waals surface area contributed by atoms with Crippen LogP contribution in [0.1, 0.15) is 64.1 Å². The smallest absolute Gasteiger partial charge is 0.244 e. The molecule has 2 fully saturated rings. The number of nitrogens with zero attached hydrogens (tertiary/aromatic N) is 1. The van der Waals surface area contributed by atoms with Gasteiger partial charge in [-0.2, -0.15) is 0 Å². The summed E-state index contributed by atoms with van der Waals surface area (Å²) in [6.07, 6.45) is 6.20. The summed E-state index contributed by atoms with van der Waals surface area (Å²) in [7, 11) is 1.65. The predicted octanol–water partition coefficient (Wildman–Crippen LogP) is 3.64. The Hall–Kier alpha value is -1.75. The Labute approximate surface area is 150 Å². The van der Waals surface area contributed by atoms with Gasteiger partial charge in [-0.15, -0.1) is 0 Å². The van der Waals surface area contributed by atoms with Crippen LogP contribution in [0.5, 0.6) is 11.5 Å². The summed E-state index contributed by atoms with van der Waals surface area (Å²) in [4.78, 5) is 15.1. The van der Waals surface area contributed by atoms with E-state index in [4.69, 9.17) is 9.47 Å². The van der Waals surface area contributed by atoms with Crippen LogP contribution in [-0.4, -0.2) is 36.6 Å². The van der Waals surface area contributed by atoms with Gasteiger partial charge in [0, 0.05) is 6.54 Å². The maximum absolute atomic E-state index is 13.1. The van der Waals surface area contributed by atoms with Crippen LogP contribution in [0.15, 0.2) is 18.2 Å². The summed E-state index contributed by atoms with van der Waals surface area (Å²) < 4.78 is 11.3. The zero-order valence-corrected chi connectivity index (χ0v) is 15.6. The number of rotatable bonds is 6. The fourth-order valence-corrected chi connectivity index (χ4v) is 4.08. The molecule has 1 saturated carbocycles. The van der Waals surface area contributed by atoms with Gasteiger partial charge in [0.25, 0.3) is 0 Å². The van der Waals surface area contributed by atoms with Crippen LogP contribution in [0, 0.1) is 0 Å². The van der Waals surface area contributed by atoms with E-state index in [1.807, 2.05) is 30.0 Å². The Morgan fingerprint density at radius 3 is 2.60 bits per heavy atom. The van der Waals surface area contributed by atoms with Crippen LogP contribution in [0.3, 0.4) is 0 Å². The Morgan fingerprint density at radius 1 is 1.20 bits per heavy atom. The van der Waals surface area contributed by atoms with Gasteiger partial charge in [0.05, 0.1) is 19.3 Å². The summed E-state index contributed by atoms with van der Waals surface area (Å²) in [6, 6.07) is 5.99. The fourth-order valence-electron chi connectivity index (χ4n) is 4.08. The molecule has 0 aromatic heterocycles. The average Bonchev–Trinajstić information content (AvgIpc) is 2.92. The van der Waals surface area contributed by atoms with Gasteiger partial charge >= 0.3 is 0 Å². The van der Waals surface area contributed by atoms with E-state index in [2.05, 4.69) is 12.2 Å². The fraction of sp³-hybridized carbons (Fsp3) is 0.650. The van der Waals surface area contributed by atoms with Crippen LogP contribution in [0.2, 0.25) is 0 Å². The molecule has 1 saturated heterocycles. The van der Waals surface area contributed by atoms with Gasteiger partial charge in [0.2, 0.25) is 5.91 Å². The molecule has 1 amide bonds. The van der Waals surface area contributed by atoms with Gasteiger partial charge in [-0.25, -0.2) is 0 Å². The first kappa shape index (κ1) is 18.1. The monoisotopic (exact) mass is 346 g/mol. The lowest BCUT2D eigenvalue weighted by molar-refractivity contribution is -0.134. The van der Waals surface area contributed by atoms with Crippen molar-refractivity contribution < 1.29 is 14.3 Å². The summed E-state index contributed by atoms with van der Waals surface area (Å²) in [5.41, 5.74) is 0.688. The lowest BCUT2D eigenvalue weighted by Crippen LogP contribution is -2.48. The standard InChI is InChI=1S/C20H30N2O3/c1-4-13-25-17-14-15(9-10-16(17)24-3)18-21-20(11-7-6-8-12-20)19(23)22(18)5-2/h9-10,14,18,21H,4-8,11-13H2,1-3H3. The van der Waals surface area contributed by atoms with Gasteiger partial charge in [-0.1, -0.05) is 32.3 Å². The maximum Gasteiger partial charge on any atom is 0.244 e. The van der Waals surface area contributed by atoms with Crippen molar-refractivity contribution in [1.82, 2.24) is 10.2 Å². The molecule has 1 heterocycles. The Bertz CT molecular complexity index is 611. The molecule has 25 heavy (non-hydrogen) atoms. The van der Waals surface area contributed by atoms with Crippen molar-refractivity contribution in [3.63, 3.8) is 0 Å². The predicted molar refractivity (Wildman–Crippen MR) is 97.9 cm³/mol. The highest BCUT2D eigenvalue weighted by atomic mass is 16.5. The Kier molecular flexibility index (Phi) is 5.52. The van der Waals surface area contributed by atoms with Crippen molar-refractivity contribution in [2.45, 2.75) is 64.1 Å². The molecule has 1 unspecified atom stereocenters. The molecule has 1 aromatic carbocycles. The molecule has 1 aliphatic carbocycles. The number of methoxy groups -OCH3 is 1. The molecule has 138 valence electrons. The number of hydrogen-bond acceptors (Lipinski definition) is 4. The molecule has 5 heteroatoms. The molecule has 1 N–H and O–H groups in total. The number of carbonyl (C=O) groups excluding carboxylic acids is 1. The molecule has 0 radical (unpaired) electrons. The third kappa shape index (κ3) is 3.34. The third-order valence-electron chi connectivity index (χ3n) is 5.41. The molecular formula is C20H30N2O3. The number of likely N-dealkylation sites (N-methyl/N-ethyl adjacent to an activating group) is 1. The normalized spacial score (nSPS) is 22.4. The van der Waals surface area contributed by atoms with E-state index in [9.17, 15) is 4.79 Å². The first-order valence-electron chi connectivity index (χ1n) is 9.54. The largest absolute Gasteiger partial charge is 0.493 e. The highest BCUT2D eigenvalue weighted by molar-refractivity contribution is 5.89. The van der Waals surface area contributed by atoms with E-state index in [0.717, 1.165) is 49.2 Å². The average molecular weight is 346 g/mol. The lowest BCUT2D eigenvalue weighted by Gasteiger charge is -2.31. The highest BCUT2D eigenvalue weighted by Gasteiger charge is 2.51. The number of carbonyl (C=O) groups is 1. The van der Waals surface area contributed by atoms with Crippen LogP contribution < -0.4 is 14.8 Å². The van der Waals surface area contributed by atoms with Crippen LogP contribution >= 0.6 is 0 Å². The van der Waals surface area contributed by atoms with E-state index in [-0.39, 0.29) is 17.6 Å². The maximum atomic E-state index is 13.1. The molecule has 1 spiro atoms. The second kappa shape index (κ2) is 7.65. The van der Waals surface area contributed by atoms with E-state index >= 15 is 0 Å². The highest BCUT2D eigenvalue weighted by Crippen LogP contribution is 2.41. The lowest BCUT2D eigenvalue weighted by atomic mass is 9.81. The second-order valence-corrected chi connectivity index (χ2v) is 7.04. The molecule has 1 aromatic rings. The minimum atomic E-state index is -0.372. The van der Waals surface area contributed by atoms with E-state index in [1.165, 1.54) is 6.42 Å². The van der Waals surface area contributed by atoms with E-state index in [0.29, 0.717) is 13.2 Å². The number of nitrogens with one attached hydrogen (secondary N) is 1. The van der Waals surface area contributed by atoms with E-state index < -0.39 is 0 Å². The topological polar surface area (TPSA) is 50.8 Å². The minimum Gasteiger partial charge on any atom is -0.493 e. The summed E-state index contributed by atoms with van der Waals surface area (Å²) in [5.74, 6) is 1.74. The number of amides is 1. The summed E-state index contributed by atoms with van der Waals surface area (Å²) in [5, 5.41) is 3.67. The zero-order valence-electron chi connectivity index (χ0n) is 15.6. The molecule has 0 bridgehead atoms. The van der Waals surface area contributed by atoms with Crippen molar-refractivity contribution in [3.8, 4) is 11.5 Å². The molecule has 1 aliphatic heterocycles. The summed E-state index contributed by atoms with van der Waals surface area (Å²) >= 11 is 0. The first-order valence-corrected chi connectivity index (χ1v) is 9.54. The van der Waals surface area contributed by atoms with Gasteiger partial charge in [-0.05, 0) is 43.9 Å². The number of hydrogen-bond donors (Lipinski definition) is 1. The summed E-state index contributed by atoms with van der Waals surface area (Å²) in [6.45, 7) is 5.49. The molecule has 3 rings (SSSR count). The molecule has 1 atom stereocenters. The third-order valence-corrected chi connectivity index (χ3v) is 5.41. The number of ether oxygens (including phenoxy) is 2. The number of benzene rings is 1. The second-order valence-electron chi connectivity index (χ2n) is 7.04. The molecule has 2 aliphatic rings. The van der Waals surface area contributed by atoms with Crippen molar-refractivity contribution in [1.29, 1.82) is 0 Å². The van der Waals surface area contributed by atoms with Gasteiger partial charge in [0.1, 0.15) is 6.17 Å². The Morgan fingerprint density at radius 2 is 1.96 bits per heavy atom. The first-order chi connectivity index (χ1) is 12.1. The van der Waals surface area contributed by atoms with Gasteiger partial charge in [0.15, 0.2) is 11.5 Å². The van der Waals surface area contributed by atoms with E-state index in [1.54, 1.807) is 7.11 Å². The quantitative estimate of drug-likeness (QED) is 0.854. The van der Waals surface area contributed by atoms with Crippen molar-refractivity contribution in [2.24, 2.45) is 0 Å². The van der Waals surface area contributed by atoms with Crippen LogP contribution in [0.25, 0.3) is 0 Å². The van der Waals surface area contributed by atoms with Crippen molar-refractivity contribution in [3.05, 3.63) is 23.8 Å². The molecular weight excluding hydrogens is 316 g/mol. The molecule has 5 nitrogen and oxygen atoms in total. The zero-order chi connectivity index (χ0) is 17.9. The van der Waals surface area contributed by atoms with Crippen molar-refractivity contribution >= 4 is 5.91 Å². The van der Waals surface area contributed by atoms with Crippen molar-refractivity contribution in [2.75, 3.05) is 20.3 Å². The SMILES string of the molecule is CCCOc1cc(C2NC3(CCCCC3)C(=O)N2CC)ccc1OC. The van der Waals surface area contributed by atoms with Crippen LogP contribution in [-0.2, 0) is 4.79 Å². The van der Waals surface area contributed by atoms with Crippen LogP contribution in [0.4, 0.5) is 0 Å². The minimum absolute atomic E-state index is 0.0921. The van der Waals surface area contributed by atoms with Gasteiger partial charge < -0.3 is 14.4 Å².